The first kappa shape index (κ1) is 15.7. The summed E-state index contributed by atoms with van der Waals surface area (Å²) in [7, 11) is 0. The lowest BCUT2D eigenvalue weighted by molar-refractivity contribution is -0.167. The molecule has 0 aliphatic rings. The fourth-order valence-corrected chi connectivity index (χ4v) is 1.29. The number of carboxylic acid groups (broad SMARTS) is 1. The summed E-state index contributed by atoms with van der Waals surface area (Å²) in [5.74, 6) is -3.15. The highest BCUT2D eigenvalue weighted by Gasteiger charge is 2.35. The number of hydrogen-bond acceptors (Lipinski definition) is 3. The number of alkyl halides is 3. The van der Waals surface area contributed by atoms with Crippen molar-refractivity contribution in [3.05, 3.63) is 0 Å². The maximum Gasteiger partial charge on any atom is 0.406 e. The van der Waals surface area contributed by atoms with Crippen molar-refractivity contribution in [2.45, 2.75) is 19.5 Å². The molecule has 1 amide bonds. The number of nitrogens with two attached hydrogens (primary N) is 1. The van der Waals surface area contributed by atoms with Crippen LogP contribution in [0.15, 0.2) is 0 Å². The number of carboxylic acids is 1. The largest absolute Gasteiger partial charge is 0.480 e. The SMILES string of the molecule is CCC(CN)C(=O)N(CC(=O)O)CC(F)(F)F. The number of hydrogen-bond donors (Lipinski definition) is 2. The molecule has 5 nitrogen and oxygen atoms in total. The quantitative estimate of drug-likeness (QED) is 0.722. The minimum absolute atomic E-state index is 0.108. The number of nitrogens with zero attached hydrogens (tertiary/aromatic N) is 1. The van der Waals surface area contributed by atoms with Gasteiger partial charge in [-0.3, -0.25) is 9.59 Å². The second-order valence-electron chi connectivity index (χ2n) is 3.54. The van der Waals surface area contributed by atoms with Crippen molar-refractivity contribution >= 4 is 11.9 Å². The summed E-state index contributed by atoms with van der Waals surface area (Å²) in [6, 6.07) is 0. The molecular formula is C9H15F3N2O3. The molecule has 0 aromatic rings. The summed E-state index contributed by atoms with van der Waals surface area (Å²) in [6.45, 7) is -1.06. The maximum absolute atomic E-state index is 12.2. The topological polar surface area (TPSA) is 83.6 Å². The van der Waals surface area contributed by atoms with E-state index < -0.39 is 37.1 Å². The Balaban J connectivity index is 4.78. The predicted octanol–water partition coefficient (Wildman–Crippen LogP) is 0.447. The van der Waals surface area contributed by atoms with Crippen LogP contribution in [0.25, 0.3) is 0 Å². The molecule has 0 saturated carbocycles. The first-order valence-corrected chi connectivity index (χ1v) is 4.98. The lowest BCUT2D eigenvalue weighted by Gasteiger charge is -2.25. The van der Waals surface area contributed by atoms with Crippen LogP contribution < -0.4 is 5.73 Å². The van der Waals surface area contributed by atoms with Gasteiger partial charge in [-0.05, 0) is 6.42 Å². The van der Waals surface area contributed by atoms with Gasteiger partial charge in [-0.25, -0.2) is 0 Å². The van der Waals surface area contributed by atoms with Crippen molar-refractivity contribution in [1.29, 1.82) is 0 Å². The zero-order valence-corrected chi connectivity index (χ0v) is 9.33. The van der Waals surface area contributed by atoms with Gasteiger partial charge in [0, 0.05) is 6.54 Å². The van der Waals surface area contributed by atoms with Crippen molar-refractivity contribution in [3.63, 3.8) is 0 Å². The number of rotatable bonds is 6. The van der Waals surface area contributed by atoms with Gasteiger partial charge in [0.15, 0.2) is 0 Å². The molecule has 0 spiro atoms. The predicted molar refractivity (Wildman–Crippen MR) is 53.1 cm³/mol. The Morgan fingerprint density at radius 3 is 2.24 bits per heavy atom. The molecule has 0 bridgehead atoms. The summed E-state index contributed by atoms with van der Waals surface area (Å²) in [5, 5.41) is 8.46. The third-order valence-electron chi connectivity index (χ3n) is 2.13. The Labute approximate surface area is 96.4 Å². The molecule has 8 heteroatoms. The van der Waals surface area contributed by atoms with Gasteiger partial charge >= 0.3 is 12.1 Å². The summed E-state index contributed by atoms with van der Waals surface area (Å²) in [6.07, 6.45) is -4.36. The summed E-state index contributed by atoms with van der Waals surface area (Å²) < 4.78 is 36.5. The van der Waals surface area contributed by atoms with E-state index in [0.29, 0.717) is 0 Å². The fraction of sp³-hybridized carbons (Fsp3) is 0.778. The van der Waals surface area contributed by atoms with Gasteiger partial charge in [0.05, 0.1) is 5.92 Å². The fourth-order valence-electron chi connectivity index (χ4n) is 1.29. The number of carbonyl (C=O) groups is 2. The Morgan fingerprint density at radius 1 is 1.41 bits per heavy atom. The summed E-state index contributed by atoms with van der Waals surface area (Å²) in [4.78, 5) is 22.3. The van der Waals surface area contributed by atoms with Crippen LogP contribution in [0.3, 0.4) is 0 Å². The number of aliphatic carboxylic acids is 1. The van der Waals surface area contributed by atoms with Crippen LogP contribution in [-0.4, -0.2) is 47.7 Å². The third-order valence-corrected chi connectivity index (χ3v) is 2.13. The van der Waals surface area contributed by atoms with Gasteiger partial charge < -0.3 is 15.7 Å². The average Bonchev–Trinajstić information content (AvgIpc) is 2.15. The first-order chi connectivity index (χ1) is 7.71. The van der Waals surface area contributed by atoms with Crippen LogP contribution in [0.1, 0.15) is 13.3 Å². The Hall–Kier alpha value is -1.31. The number of halogens is 3. The molecule has 0 saturated heterocycles. The molecule has 0 aliphatic heterocycles. The molecule has 0 aromatic heterocycles. The van der Waals surface area contributed by atoms with Gasteiger partial charge in [0.1, 0.15) is 13.1 Å². The second kappa shape index (κ2) is 6.43. The van der Waals surface area contributed by atoms with Crippen molar-refractivity contribution in [1.82, 2.24) is 4.90 Å². The summed E-state index contributed by atoms with van der Waals surface area (Å²) >= 11 is 0. The van der Waals surface area contributed by atoms with Gasteiger partial charge in [-0.2, -0.15) is 13.2 Å². The Kier molecular flexibility index (Phi) is 5.94. The lowest BCUT2D eigenvalue weighted by Crippen LogP contribution is -2.46. The van der Waals surface area contributed by atoms with Crippen LogP contribution in [0.2, 0.25) is 0 Å². The second-order valence-corrected chi connectivity index (χ2v) is 3.54. The highest BCUT2D eigenvalue weighted by Crippen LogP contribution is 2.18. The molecule has 0 aliphatic carbocycles. The molecule has 0 rings (SSSR count). The van der Waals surface area contributed by atoms with E-state index in [1.54, 1.807) is 6.92 Å². The highest BCUT2D eigenvalue weighted by atomic mass is 19.4. The number of carbonyl (C=O) groups excluding carboxylic acids is 1. The molecule has 0 fully saturated rings. The molecule has 3 N–H and O–H groups in total. The molecule has 1 unspecified atom stereocenters. The van der Waals surface area contributed by atoms with Gasteiger partial charge in [0.25, 0.3) is 0 Å². The Bertz CT molecular complexity index is 277. The minimum atomic E-state index is -4.63. The van der Waals surface area contributed by atoms with E-state index in [9.17, 15) is 22.8 Å². The standard InChI is InChI=1S/C9H15F3N2O3/c1-2-6(3-13)8(17)14(4-7(15)16)5-9(10,11)12/h6H,2-5,13H2,1H3,(H,15,16). The van der Waals surface area contributed by atoms with Crippen LogP contribution in [0.5, 0.6) is 0 Å². The molecule has 1 atom stereocenters. The lowest BCUT2D eigenvalue weighted by atomic mass is 10.1. The summed E-state index contributed by atoms with van der Waals surface area (Å²) in [5.41, 5.74) is 5.24. The van der Waals surface area contributed by atoms with E-state index in [1.807, 2.05) is 0 Å². The van der Waals surface area contributed by atoms with E-state index in [2.05, 4.69) is 0 Å². The van der Waals surface area contributed by atoms with E-state index in [-0.39, 0.29) is 17.9 Å². The number of amides is 1. The Morgan fingerprint density at radius 2 is 1.94 bits per heavy atom. The first-order valence-electron chi connectivity index (χ1n) is 4.98. The van der Waals surface area contributed by atoms with Gasteiger partial charge in [-0.15, -0.1) is 0 Å². The molecule has 0 aromatic carbocycles. The van der Waals surface area contributed by atoms with Crippen LogP contribution in [-0.2, 0) is 9.59 Å². The molecule has 17 heavy (non-hydrogen) atoms. The van der Waals surface area contributed by atoms with Gasteiger partial charge in [0.2, 0.25) is 5.91 Å². The van der Waals surface area contributed by atoms with Gasteiger partial charge in [-0.1, -0.05) is 6.92 Å². The highest BCUT2D eigenvalue weighted by molar-refractivity contribution is 5.83. The van der Waals surface area contributed by atoms with E-state index in [0.717, 1.165) is 0 Å². The van der Waals surface area contributed by atoms with Crippen molar-refractivity contribution in [2.24, 2.45) is 11.7 Å². The van der Waals surface area contributed by atoms with Crippen LogP contribution in [0, 0.1) is 5.92 Å². The molecule has 0 radical (unpaired) electrons. The minimum Gasteiger partial charge on any atom is -0.480 e. The zero-order chi connectivity index (χ0) is 13.6. The van der Waals surface area contributed by atoms with E-state index in [4.69, 9.17) is 10.8 Å². The zero-order valence-electron chi connectivity index (χ0n) is 9.33. The van der Waals surface area contributed by atoms with Crippen molar-refractivity contribution in [3.8, 4) is 0 Å². The molecule has 0 heterocycles. The van der Waals surface area contributed by atoms with Crippen LogP contribution in [0.4, 0.5) is 13.2 Å². The maximum atomic E-state index is 12.2. The third kappa shape index (κ3) is 6.10. The van der Waals surface area contributed by atoms with E-state index in [1.165, 1.54) is 0 Å². The van der Waals surface area contributed by atoms with Crippen molar-refractivity contribution in [2.75, 3.05) is 19.6 Å². The van der Waals surface area contributed by atoms with Crippen molar-refractivity contribution < 1.29 is 27.9 Å². The average molecular weight is 256 g/mol. The van der Waals surface area contributed by atoms with Crippen LogP contribution >= 0.6 is 0 Å². The molecular weight excluding hydrogens is 241 g/mol. The monoisotopic (exact) mass is 256 g/mol. The van der Waals surface area contributed by atoms with E-state index >= 15 is 0 Å². The molecule has 100 valence electrons. The smallest absolute Gasteiger partial charge is 0.406 e. The normalized spacial score (nSPS) is 13.2.